The summed E-state index contributed by atoms with van der Waals surface area (Å²) < 4.78 is 12.9. The van der Waals surface area contributed by atoms with Crippen LogP contribution in [-0.4, -0.2) is 24.9 Å². The van der Waals surface area contributed by atoms with Gasteiger partial charge in [-0.3, -0.25) is 0 Å². The number of methoxy groups -OCH3 is 1. The van der Waals surface area contributed by atoms with Crippen molar-refractivity contribution in [2.45, 2.75) is 0 Å². The van der Waals surface area contributed by atoms with Gasteiger partial charge in [0, 0.05) is 35.6 Å². The molecule has 2 N–H and O–H groups in total. The zero-order valence-electron chi connectivity index (χ0n) is 15.3. The first-order chi connectivity index (χ1) is 13.3. The number of anilines is 1. The first-order valence-electron chi connectivity index (χ1n) is 8.94. The lowest BCUT2D eigenvalue weighted by molar-refractivity contribution is 0.146. The summed E-state index contributed by atoms with van der Waals surface area (Å²) in [5.41, 5.74) is 11.3. The summed E-state index contributed by atoms with van der Waals surface area (Å²) in [4.78, 5) is 0. The highest BCUT2D eigenvalue weighted by atomic mass is 16.5. The molecule has 1 heterocycles. The first-order valence-corrected chi connectivity index (χ1v) is 8.94. The molecule has 0 radical (unpaired) electrons. The minimum Gasteiger partial charge on any atom is -0.491 e. The van der Waals surface area contributed by atoms with E-state index in [-0.39, 0.29) is 0 Å². The molecule has 4 nitrogen and oxygen atoms in total. The molecular weight excluding hydrogens is 336 g/mol. The molecule has 0 fully saturated rings. The van der Waals surface area contributed by atoms with Gasteiger partial charge in [0.2, 0.25) is 0 Å². The van der Waals surface area contributed by atoms with E-state index in [9.17, 15) is 0 Å². The number of fused-ring (bicyclic) bond motifs is 1. The molecule has 0 atom stereocenters. The van der Waals surface area contributed by atoms with Gasteiger partial charge in [-0.25, -0.2) is 0 Å². The number of para-hydroxylation sites is 1. The van der Waals surface area contributed by atoms with Crippen molar-refractivity contribution < 1.29 is 9.47 Å². The maximum atomic E-state index is 5.99. The van der Waals surface area contributed by atoms with E-state index in [0.717, 1.165) is 28.2 Å². The molecule has 0 aliphatic rings. The van der Waals surface area contributed by atoms with Crippen molar-refractivity contribution in [3.8, 4) is 22.6 Å². The summed E-state index contributed by atoms with van der Waals surface area (Å²) in [6, 6.07) is 24.5. The minimum absolute atomic E-state index is 0.544. The number of hydrogen-bond donors (Lipinski definition) is 1. The molecular formula is C23H22N2O2. The average Bonchev–Trinajstić information content (AvgIpc) is 3.09. The van der Waals surface area contributed by atoms with Gasteiger partial charge in [0.15, 0.2) is 0 Å². The summed E-state index contributed by atoms with van der Waals surface area (Å²) in [5, 5.41) is 1.20. The highest BCUT2D eigenvalue weighted by molar-refractivity contribution is 5.97. The molecule has 27 heavy (non-hydrogen) atoms. The second-order valence-corrected chi connectivity index (χ2v) is 6.39. The maximum Gasteiger partial charge on any atom is 0.119 e. The summed E-state index contributed by atoms with van der Waals surface area (Å²) in [7, 11) is 1.67. The van der Waals surface area contributed by atoms with Crippen molar-refractivity contribution in [2.75, 3.05) is 26.1 Å². The van der Waals surface area contributed by atoms with Crippen LogP contribution in [0.2, 0.25) is 0 Å². The Kier molecular flexibility index (Phi) is 4.81. The lowest BCUT2D eigenvalue weighted by atomic mass is 10.0. The average molecular weight is 358 g/mol. The molecule has 4 aromatic rings. The molecule has 0 bridgehead atoms. The predicted molar refractivity (Wildman–Crippen MR) is 110 cm³/mol. The molecule has 0 saturated heterocycles. The van der Waals surface area contributed by atoms with E-state index in [2.05, 4.69) is 53.2 Å². The van der Waals surface area contributed by atoms with Crippen LogP contribution in [0.15, 0.2) is 79.0 Å². The molecule has 0 aliphatic heterocycles. The molecule has 0 unspecified atom stereocenters. The van der Waals surface area contributed by atoms with E-state index in [1.807, 2.05) is 30.3 Å². The molecule has 0 spiro atoms. The van der Waals surface area contributed by atoms with Crippen molar-refractivity contribution in [1.29, 1.82) is 0 Å². The summed E-state index contributed by atoms with van der Waals surface area (Å²) in [5.74, 6) is 0.836. The number of rotatable bonds is 6. The van der Waals surface area contributed by atoms with E-state index in [4.69, 9.17) is 15.2 Å². The van der Waals surface area contributed by atoms with Crippen LogP contribution in [0.1, 0.15) is 0 Å². The van der Waals surface area contributed by atoms with Crippen LogP contribution in [0.3, 0.4) is 0 Å². The van der Waals surface area contributed by atoms with E-state index < -0.39 is 0 Å². The van der Waals surface area contributed by atoms with E-state index >= 15 is 0 Å². The van der Waals surface area contributed by atoms with Crippen molar-refractivity contribution in [1.82, 2.24) is 4.57 Å². The van der Waals surface area contributed by atoms with Crippen molar-refractivity contribution >= 4 is 16.6 Å². The van der Waals surface area contributed by atoms with E-state index in [0.29, 0.717) is 13.2 Å². The van der Waals surface area contributed by atoms with Gasteiger partial charge in [0.05, 0.1) is 12.1 Å². The number of aromatic nitrogens is 1. The highest BCUT2D eigenvalue weighted by Crippen LogP contribution is 2.33. The monoisotopic (exact) mass is 358 g/mol. The molecule has 4 heteroatoms. The fourth-order valence-electron chi connectivity index (χ4n) is 3.28. The summed E-state index contributed by atoms with van der Waals surface area (Å²) >= 11 is 0. The van der Waals surface area contributed by atoms with Gasteiger partial charge >= 0.3 is 0 Å². The normalized spacial score (nSPS) is 11.0. The van der Waals surface area contributed by atoms with Gasteiger partial charge in [-0.15, -0.1) is 0 Å². The fourth-order valence-corrected chi connectivity index (χ4v) is 3.28. The Bertz CT molecular complexity index is 1050. The molecule has 0 saturated carbocycles. The zero-order valence-corrected chi connectivity index (χ0v) is 15.3. The second-order valence-electron chi connectivity index (χ2n) is 6.39. The van der Waals surface area contributed by atoms with Crippen molar-refractivity contribution in [3.05, 3.63) is 79.0 Å². The smallest absolute Gasteiger partial charge is 0.119 e. The van der Waals surface area contributed by atoms with Crippen LogP contribution < -0.4 is 10.5 Å². The Morgan fingerprint density at radius 3 is 2.48 bits per heavy atom. The van der Waals surface area contributed by atoms with Crippen molar-refractivity contribution in [3.63, 3.8) is 0 Å². The van der Waals surface area contributed by atoms with Crippen LogP contribution in [0.25, 0.3) is 27.7 Å². The fraction of sp³-hybridized carbons (Fsp3) is 0.130. The number of ether oxygens (including phenoxy) is 2. The van der Waals surface area contributed by atoms with Gasteiger partial charge in [-0.2, -0.15) is 0 Å². The number of hydrogen-bond acceptors (Lipinski definition) is 3. The lowest BCUT2D eigenvalue weighted by Gasteiger charge is -2.08. The topological polar surface area (TPSA) is 49.4 Å². The molecule has 1 aromatic heterocycles. The van der Waals surface area contributed by atoms with Crippen LogP contribution in [0.5, 0.6) is 5.75 Å². The Morgan fingerprint density at radius 1 is 0.889 bits per heavy atom. The minimum atomic E-state index is 0.544. The number of nitrogens with two attached hydrogens (primary N) is 1. The summed E-state index contributed by atoms with van der Waals surface area (Å²) in [6.45, 7) is 1.12. The predicted octanol–water partition coefficient (Wildman–Crippen LogP) is 4.90. The number of benzene rings is 3. The number of nitrogen functional groups attached to an aromatic ring is 1. The first kappa shape index (κ1) is 17.2. The van der Waals surface area contributed by atoms with E-state index in [1.54, 1.807) is 7.11 Å². The Balaban J connectivity index is 1.74. The third-order valence-corrected chi connectivity index (χ3v) is 4.58. The third-order valence-electron chi connectivity index (χ3n) is 4.58. The van der Waals surface area contributed by atoms with Gasteiger partial charge in [0.25, 0.3) is 0 Å². The van der Waals surface area contributed by atoms with Crippen LogP contribution in [-0.2, 0) is 4.74 Å². The Hall–Kier alpha value is -3.24. The van der Waals surface area contributed by atoms with Gasteiger partial charge < -0.3 is 19.8 Å². The largest absolute Gasteiger partial charge is 0.491 e. The van der Waals surface area contributed by atoms with E-state index in [1.165, 1.54) is 10.9 Å². The van der Waals surface area contributed by atoms with Gasteiger partial charge in [-0.1, -0.05) is 30.3 Å². The molecule has 3 aromatic carbocycles. The maximum absolute atomic E-state index is 5.99. The standard InChI is InChI=1S/C23H22N2O2/c1-26-13-14-27-20-11-9-19(10-12-20)25-16-22(17-5-4-6-18(24)15-17)21-7-2-3-8-23(21)25/h2-12,15-16H,13-14,24H2,1H3. The molecule has 0 amide bonds. The molecule has 136 valence electrons. The van der Waals surface area contributed by atoms with Gasteiger partial charge in [0.1, 0.15) is 12.4 Å². The van der Waals surface area contributed by atoms with Crippen LogP contribution in [0, 0.1) is 0 Å². The Morgan fingerprint density at radius 2 is 1.70 bits per heavy atom. The Labute approximate surface area is 158 Å². The highest BCUT2D eigenvalue weighted by Gasteiger charge is 2.11. The quantitative estimate of drug-likeness (QED) is 0.394. The zero-order chi connectivity index (χ0) is 18.6. The number of nitrogens with zero attached hydrogens (tertiary/aromatic N) is 1. The third kappa shape index (κ3) is 3.52. The van der Waals surface area contributed by atoms with Crippen LogP contribution >= 0.6 is 0 Å². The summed E-state index contributed by atoms with van der Waals surface area (Å²) in [6.07, 6.45) is 2.17. The van der Waals surface area contributed by atoms with Gasteiger partial charge in [-0.05, 0) is 48.0 Å². The van der Waals surface area contributed by atoms with Crippen molar-refractivity contribution in [2.24, 2.45) is 0 Å². The second kappa shape index (κ2) is 7.56. The molecule has 4 rings (SSSR count). The lowest BCUT2D eigenvalue weighted by Crippen LogP contribution is -2.04. The van der Waals surface area contributed by atoms with Crippen LogP contribution in [0.4, 0.5) is 5.69 Å². The molecule has 0 aliphatic carbocycles. The SMILES string of the molecule is COCCOc1ccc(-n2cc(-c3cccc(N)c3)c3ccccc32)cc1.